The SMILES string of the molecule is COC(=O)C(Cc1ccc(O)cc1)NC(=O)CON=C1C=C2CCC3C(C(O)C[C@@]4(C)C3CC[C@]4(O)C(=O)CO)[C@@]2(C)CC1. The number of oxime groups is 1. The molecule has 0 radical (unpaired) electrons. The van der Waals surface area contributed by atoms with Crippen LogP contribution < -0.4 is 5.32 Å². The topological polar surface area (TPSA) is 175 Å². The highest BCUT2D eigenvalue weighted by Crippen LogP contribution is 2.67. The highest BCUT2D eigenvalue weighted by molar-refractivity contribution is 5.96. The molecule has 44 heavy (non-hydrogen) atoms. The summed E-state index contributed by atoms with van der Waals surface area (Å²) in [7, 11) is 1.25. The number of methoxy groups -OCH3 is 1. The van der Waals surface area contributed by atoms with E-state index in [4.69, 9.17) is 9.57 Å². The molecule has 0 spiro atoms. The molecule has 5 unspecified atom stereocenters. The number of carbonyl (C=O) groups excluding carboxylic acids is 3. The van der Waals surface area contributed by atoms with Crippen LogP contribution in [0, 0.1) is 28.6 Å². The smallest absolute Gasteiger partial charge is 0.328 e. The van der Waals surface area contributed by atoms with Gasteiger partial charge in [-0.2, -0.15) is 0 Å². The van der Waals surface area contributed by atoms with Gasteiger partial charge in [0.2, 0.25) is 0 Å². The molecule has 0 bridgehead atoms. The summed E-state index contributed by atoms with van der Waals surface area (Å²) in [5.41, 5.74) is -0.0499. The summed E-state index contributed by atoms with van der Waals surface area (Å²) < 4.78 is 4.83. The van der Waals surface area contributed by atoms with Crippen molar-refractivity contribution in [2.24, 2.45) is 33.7 Å². The Labute approximate surface area is 257 Å². The second-order valence-corrected chi connectivity index (χ2v) is 13.5. The molecule has 0 aromatic heterocycles. The Morgan fingerprint density at radius 3 is 2.52 bits per heavy atom. The van der Waals surface area contributed by atoms with Crippen molar-refractivity contribution in [3.05, 3.63) is 41.5 Å². The van der Waals surface area contributed by atoms with Crippen LogP contribution in [0.5, 0.6) is 5.75 Å². The molecule has 5 N–H and O–H groups in total. The standard InChI is InChI=1S/C33H44N2O9/c1-31-12-10-21(35-44-18-28(40)34-25(30(41)43-3)14-19-4-7-22(37)8-5-19)15-20(31)6-9-23-24-11-13-33(42,27(39)17-36)32(24,2)16-26(38)29(23)31/h4-5,7-8,15,23-26,29,36-38,42H,6,9-14,16-18H2,1-3H3,(H,34,40)/t23?,24?,25?,26?,29?,31-,32-,33-/m0/s1. The van der Waals surface area contributed by atoms with Crippen molar-refractivity contribution in [1.29, 1.82) is 0 Å². The first-order chi connectivity index (χ1) is 20.9. The second-order valence-electron chi connectivity index (χ2n) is 13.5. The first-order valence-electron chi connectivity index (χ1n) is 15.5. The molecule has 11 heteroatoms. The maximum absolute atomic E-state index is 12.6. The number of esters is 1. The molecule has 1 aromatic carbocycles. The van der Waals surface area contributed by atoms with E-state index in [2.05, 4.69) is 17.4 Å². The highest BCUT2D eigenvalue weighted by Gasteiger charge is 2.68. The van der Waals surface area contributed by atoms with Crippen molar-refractivity contribution < 1.29 is 44.4 Å². The molecule has 3 saturated carbocycles. The molecule has 1 amide bonds. The van der Waals surface area contributed by atoms with Gasteiger partial charge in [0.15, 0.2) is 12.4 Å². The third-order valence-electron chi connectivity index (χ3n) is 11.2. The van der Waals surface area contributed by atoms with E-state index in [-0.39, 0.29) is 41.9 Å². The number of aliphatic hydroxyl groups excluding tert-OH is 2. The van der Waals surface area contributed by atoms with Gasteiger partial charge in [0.1, 0.15) is 24.0 Å². The van der Waals surface area contributed by atoms with E-state index in [1.807, 2.05) is 13.0 Å². The predicted molar refractivity (Wildman–Crippen MR) is 159 cm³/mol. The van der Waals surface area contributed by atoms with E-state index < -0.39 is 47.4 Å². The lowest BCUT2D eigenvalue weighted by Gasteiger charge is -2.60. The summed E-state index contributed by atoms with van der Waals surface area (Å²) in [6, 6.07) is 5.40. The zero-order valence-electron chi connectivity index (χ0n) is 25.6. The van der Waals surface area contributed by atoms with Crippen molar-refractivity contribution in [1.82, 2.24) is 5.32 Å². The molecule has 4 aliphatic rings. The molecule has 0 heterocycles. The minimum absolute atomic E-state index is 0.0239. The lowest BCUT2D eigenvalue weighted by atomic mass is 9.45. The first kappa shape index (κ1) is 32.1. The number of ketones is 1. The number of phenols is 1. The molecule has 240 valence electrons. The molecule has 0 aliphatic heterocycles. The van der Waals surface area contributed by atoms with E-state index >= 15 is 0 Å². The quantitative estimate of drug-likeness (QED) is 0.207. The van der Waals surface area contributed by atoms with Gasteiger partial charge < -0.3 is 35.3 Å². The fraction of sp³-hybridized carbons (Fsp3) is 0.636. The van der Waals surface area contributed by atoms with Crippen LogP contribution in [0.25, 0.3) is 0 Å². The number of amides is 1. The van der Waals surface area contributed by atoms with Crippen molar-refractivity contribution in [2.75, 3.05) is 20.3 Å². The Kier molecular flexibility index (Phi) is 8.94. The van der Waals surface area contributed by atoms with Gasteiger partial charge in [-0.15, -0.1) is 0 Å². The number of nitrogens with zero attached hydrogens (tertiary/aromatic N) is 1. The Bertz CT molecular complexity index is 1340. The average Bonchev–Trinajstić information content (AvgIpc) is 3.27. The van der Waals surface area contributed by atoms with Crippen LogP contribution in [-0.4, -0.2) is 81.9 Å². The van der Waals surface area contributed by atoms with Gasteiger partial charge in [0, 0.05) is 11.8 Å². The Morgan fingerprint density at radius 1 is 1.11 bits per heavy atom. The number of carbonyl (C=O) groups is 3. The van der Waals surface area contributed by atoms with Gasteiger partial charge >= 0.3 is 5.97 Å². The van der Waals surface area contributed by atoms with Crippen LogP contribution in [0.2, 0.25) is 0 Å². The normalized spacial score (nSPS) is 35.9. The first-order valence-corrected chi connectivity index (χ1v) is 15.5. The summed E-state index contributed by atoms with van der Waals surface area (Å²) in [6.45, 7) is 3.01. The monoisotopic (exact) mass is 612 g/mol. The lowest BCUT2D eigenvalue weighted by molar-refractivity contribution is -0.181. The van der Waals surface area contributed by atoms with Gasteiger partial charge in [0.25, 0.3) is 5.91 Å². The van der Waals surface area contributed by atoms with Crippen LogP contribution >= 0.6 is 0 Å². The number of nitrogens with one attached hydrogen (secondary N) is 1. The third-order valence-corrected chi connectivity index (χ3v) is 11.2. The summed E-state index contributed by atoms with van der Waals surface area (Å²) in [5, 5.41) is 48.9. The largest absolute Gasteiger partial charge is 0.508 e. The number of fused-ring (bicyclic) bond motifs is 5. The molecule has 0 saturated heterocycles. The van der Waals surface area contributed by atoms with Gasteiger partial charge in [-0.3, -0.25) is 9.59 Å². The third kappa shape index (κ3) is 5.54. The van der Waals surface area contributed by atoms with Crippen molar-refractivity contribution in [3.63, 3.8) is 0 Å². The number of ether oxygens (including phenoxy) is 1. The molecular weight excluding hydrogens is 568 g/mol. The number of Topliss-reactive ketones (excluding diaryl/α,β-unsaturated/α-hetero) is 1. The van der Waals surface area contributed by atoms with E-state index in [0.717, 1.165) is 24.8 Å². The maximum atomic E-state index is 12.6. The zero-order valence-corrected chi connectivity index (χ0v) is 25.6. The van der Waals surface area contributed by atoms with E-state index in [1.165, 1.54) is 24.8 Å². The van der Waals surface area contributed by atoms with Crippen molar-refractivity contribution >= 4 is 23.4 Å². The summed E-state index contributed by atoms with van der Waals surface area (Å²) in [6.07, 6.45) is 5.75. The predicted octanol–water partition coefficient (Wildman–Crippen LogP) is 2.19. The minimum Gasteiger partial charge on any atom is -0.508 e. The van der Waals surface area contributed by atoms with Gasteiger partial charge in [0.05, 0.1) is 18.9 Å². The molecule has 11 nitrogen and oxygen atoms in total. The van der Waals surface area contributed by atoms with E-state index in [1.54, 1.807) is 12.1 Å². The number of rotatable bonds is 9. The average molecular weight is 613 g/mol. The summed E-state index contributed by atoms with van der Waals surface area (Å²) in [4.78, 5) is 42.9. The van der Waals surface area contributed by atoms with Crippen LogP contribution in [0.4, 0.5) is 0 Å². The van der Waals surface area contributed by atoms with Crippen LogP contribution in [0.3, 0.4) is 0 Å². The fourth-order valence-electron chi connectivity index (χ4n) is 8.98. The summed E-state index contributed by atoms with van der Waals surface area (Å²) in [5.74, 6) is -1.38. The van der Waals surface area contributed by atoms with E-state index in [0.29, 0.717) is 31.4 Å². The minimum atomic E-state index is -1.62. The number of aliphatic hydroxyl groups is 3. The molecule has 4 aliphatic carbocycles. The van der Waals surface area contributed by atoms with Crippen molar-refractivity contribution in [2.45, 2.75) is 83.0 Å². The number of allylic oxidation sites excluding steroid dienone is 2. The van der Waals surface area contributed by atoms with E-state index in [9.17, 15) is 34.8 Å². The fourth-order valence-corrected chi connectivity index (χ4v) is 8.98. The van der Waals surface area contributed by atoms with Crippen LogP contribution in [-0.2, 0) is 30.4 Å². The number of aromatic hydroxyl groups is 1. The number of phenolic OH excluding ortho intramolecular Hbond substituents is 1. The Balaban J connectivity index is 1.23. The molecule has 3 fully saturated rings. The van der Waals surface area contributed by atoms with Gasteiger partial charge in [-0.25, -0.2) is 4.79 Å². The molecule has 8 atom stereocenters. The van der Waals surface area contributed by atoms with Gasteiger partial charge in [-0.1, -0.05) is 36.7 Å². The van der Waals surface area contributed by atoms with Crippen molar-refractivity contribution in [3.8, 4) is 5.75 Å². The number of benzene rings is 1. The molecule has 1 aromatic rings. The number of hydrogen-bond donors (Lipinski definition) is 5. The van der Waals surface area contributed by atoms with Crippen LogP contribution in [0.1, 0.15) is 64.4 Å². The maximum Gasteiger partial charge on any atom is 0.328 e. The zero-order chi connectivity index (χ0) is 31.9. The number of hydrogen-bond acceptors (Lipinski definition) is 10. The Hall–Kier alpha value is -3.28. The summed E-state index contributed by atoms with van der Waals surface area (Å²) >= 11 is 0. The second kappa shape index (κ2) is 12.3. The molecule has 5 rings (SSSR count). The lowest BCUT2D eigenvalue weighted by Crippen LogP contribution is -2.62. The molecular formula is C33H44N2O9. The highest BCUT2D eigenvalue weighted by atomic mass is 16.6. The van der Waals surface area contributed by atoms with Gasteiger partial charge in [-0.05, 0) is 91.9 Å². The van der Waals surface area contributed by atoms with Crippen LogP contribution in [0.15, 0.2) is 41.1 Å². The Morgan fingerprint density at radius 2 is 1.84 bits per heavy atom.